The lowest BCUT2D eigenvalue weighted by Crippen LogP contribution is -2.41. The average molecular weight is 409 g/mol. The van der Waals surface area contributed by atoms with Gasteiger partial charge in [-0.1, -0.05) is 62.4 Å². The number of para-hydroxylation sites is 2. The van der Waals surface area contributed by atoms with Crippen LogP contribution < -0.4 is 5.46 Å². The molecule has 2 aliphatic rings. The van der Waals surface area contributed by atoms with E-state index in [4.69, 9.17) is 9.31 Å². The van der Waals surface area contributed by atoms with E-state index in [1.807, 2.05) is 0 Å². The molecule has 2 aliphatic heterocycles. The molecule has 3 heterocycles. The summed E-state index contributed by atoms with van der Waals surface area (Å²) in [6.45, 7) is 13.1. The van der Waals surface area contributed by atoms with Crippen LogP contribution in [0.5, 0.6) is 0 Å². The lowest BCUT2D eigenvalue weighted by atomic mass is 9.75. The highest BCUT2D eigenvalue weighted by atomic mass is 16.7. The zero-order chi connectivity index (χ0) is 21.8. The number of hydrogen-bond donors (Lipinski definition) is 0. The van der Waals surface area contributed by atoms with E-state index in [0.29, 0.717) is 0 Å². The maximum atomic E-state index is 6.34. The highest BCUT2D eigenvalue weighted by Gasteiger charge is 2.51. The number of fused-ring (bicyclic) bond motifs is 5. The Bertz CT molecular complexity index is 1360. The summed E-state index contributed by atoms with van der Waals surface area (Å²) in [5, 5.41) is 2.53. The van der Waals surface area contributed by atoms with Gasteiger partial charge in [0.1, 0.15) is 0 Å². The monoisotopic (exact) mass is 409 g/mol. The second-order valence-electron chi connectivity index (χ2n) is 10.5. The van der Waals surface area contributed by atoms with Gasteiger partial charge in [-0.15, -0.1) is 0 Å². The van der Waals surface area contributed by atoms with E-state index < -0.39 is 0 Å². The molecule has 156 valence electrons. The second kappa shape index (κ2) is 5.82. The summed E-state index contributed by atoms with van der Waals surface area (Å²) in [4.78, 5) is 0. The highest BCUT2D eigenvalue weighted by molar-refractivity contribution is 6.62. The van der Waals surface area contributed by atoms with Gasteiger partial charge in [0.05, 0.1) is 27.9 Å². The van der Waals surface area contributed by atoms with Crippen LogP contribution in [0.2, 0.25) is 0 Å². The van der Waals surface area contributed by atoms with Crippen LogP contribution >= 0.6 is 0 Å². The van der Waals surface area contributed by atoms with Crippen molar-refractivity contribution >= 4 is 34.4 Å². The van der Waals surface area contributed by atoms with Gasteiger partial charge in [-0.25, -0.2) is 0 Å². The molecule has 4 aromatic rings. The lowest BCUT2D eigenvalue weighted by Gasteiger charge is -2.34. The molecule has 0 radical (unpaired) electrons. The van der Waals surface area contributed by atoms with Crippen molar-refractivity contribution in [3.8, 4) is 5.69 Å². The summed E-state index contributed by atoms with van der Waals surface area (Å²) in [5.41, 5.74) is 6.88. The van der Waals surface area contributed by atoms with Gasteiger partial charge in [0.2, 0.25) is 0 Å². The Kier molecular flexibility index (Phi) is 3.59. The van der Waals surface area contributed by atoms with Crippen molar-refractivity contribution in [2.75, 3.05) is 0 Å². The number of benzene rings is 3. The van der Waals surface area contributed by atoms with E-state index in [-0.39, 0.29) is 23.7 Å². The number of nitrogens with zero attached hydrogens (tertiary/aromatic N) is 1. The van der Waals surface area contributed by atoms with Crippen molar-refractivity contribution < 1.29 is 9.31 Å². The Morgan fingerprint density at radius 1 is 0.710 bits per heavy atom. The van der Waals surface area contributed by atoms with Crippen LogP contribution in [0, 0.1) is 0 Å². The first-order valence-electron chi connectivity index (χ1n) is 11.1. The van der Waals surface area contributed by atoms with Gasteiger partial charge >= 0.3 is 7.12 Å². The maximum Gasteiger partial charge on any atom is 0.494 e. The first kappa shape index (κ1) is 19.2. The quantitative estimate of drug-likeness (QED) is 0.375. The van der Waals surface area contributed by atoms with Crippen molar-refractivity contribution in [1.82, 2.24) is 4.57 Å². The molecule has 3 nitrogen and oxygen atoms in total. The fraction of sp³-hybridized carbons (Fsp3) is 0.333. The van der Waals surface area contributed by atoms with E-state index in [1.165, 1.54) is 38.6 Å². The van der Waals surface area contributed by atoms with Crippen molar-refractivity contribution in [2.24, 2.45) is 0 Å². The minimum Gasteiger partial charge on any atom is -0.399 e. The van der Waals surface area contributed by atoms with E-state index >= 15 is 0 Å². The van der Waals surface area contributed by atoms with E-state index in [1.54, 1.807) is 0 Å². The van der Waals surface area contributed by atoms with Crippen LogP contribution in [0.4, 0.5) is 0 Å². The van der Waals surface area contributed by atoms with Crippen LogP contribution in [0.3, 0.4) is 0 Å². The summed E-state index contributed by atoms with van der Waals surface area (Å²) in [6.07, 6.45) is 0. The molecule has 0 unspecified atom stereocenters. The molecule has 4 heteroatoms. The first-order chi connectivity index (χ1) is 14.6. The average Bonchev–Trinajstić information content (AvgIpc) is 3.17. The van der Waals surface area contributed by atoms with Crippen molar-refractivity contribution in [1.29, 1.82) is 0 Å². The molecular weight excluding hydrogens is 381 g/mol. The zero-order valence-corrected chi connectivity index (χ0v) is 19.1. The minimum atomic E-state index is -0.357. The van der Waals surface area contributed by atoms with Gasteiger partial charge in [-0.2, -0.15) is 0 Å². The summed E-state index contributed by atoms with van der Waals surface area (Å²) in [5.74, 6) is 0. The van der Waals surface area contributed by atoms with E-state index in [9.17, 15) is 0 Å². The third kappa shape index (κ3) is 2.38. The summed E-state index contributed by atoms with van der Waals surface area (Å²) >= 11 is 0. The van der Waals surface area contributed by atoms with Crippen molar-refractivity contribution in [3.63, 3.8) is 0 Å². The predicted molar refractivity (Wildman–Crippen MR) is 129 cm³/mol. The number of hydrogen-bond acceptors (Lipinski definition) is 2. The molecule has 1 aromatic heterocycles. The van der Waals surface area contributed by atoms with Crippen LogP contribution in [0.15, 0.2) is 60.7 Å². The maximum absolute atomic E-state index is 6.34. The Labute approximate surface area is 184 Å². The second-order valence-corrected chi connectivity index (χ2v) is 10.5. The van der Waals surface area contributed by atoms with Gasteiger partial charge in [0, 0.05) is 16.2 Å². The number of rotatable bonds is 1. The van der Waals surface area contributed by atoms with Crippen molar-refractivity contribution in [3.05, 3.63) is 71.8 Å². The van der Waals surface area contributed by atoms with Crippen molar-refractivity contribution in [2.45, 2.75) is 58.2 Å². The van der Waals surface area contributed by atoms with Gasteiger partial charge in [-0.3, -0.25) is 0 Å². The third-order valence-electron chi connectivity index (χ3n) is 7.83. The molecule has 0 aliphatic carbocycles. The molecule has 1 saturated heterocycles. The molecule has 6 rings (SSSR count). The molecule has 3 aromatic carbocycles. The largest absolute Gasteiger partial charge is 0.494 e. The molecule has 0 amide bonds. The van der Waals surface area contributed by atoms with Gasteiger partial charge in [0.15, 0.2) is 0 Å². The summed E-state index contributed by atoms with van der Waals surface area (Å²) < 4.78 is 15.1. The lowest BCUT2D eigenvalue weighted by molar-refractivity contribution is 0.00578. The number of aromatic nitrogens is 1. The smallest absolute Gasteiger partial charge is 0.399 e. The predicted octanol–water partition coefficient (Wildman–Crippen LogP) is 5.72. The first-order valence-corrected chi connectivity index (χ1v) is 11.1. The zero-order valence-electron chi connectivity index (χ0n) is 19.1. The summed E-state index contributed by atoms with van der Waals surface area (Å²) in [6, 6.07) is 22.2. The normalized spacial score (nSPS) is 20.4. The topological polar surface area (TPSA) is 23.4 Å². The fourth-order valence-corrected chi connectivity index (χ4v) is 5.31. The standard InChI is InChI=1S/C27H28BNO2/c1-25(2)20-11-7-8-13-23(20)29-22-15-14-17(28-30-26(3,4)27(5,6)31-28)16-19(22)18-10-9-12-21(25)24(18)29/h7-16H,1-6H3. The Balaban J connectivity index is 1.64. The molecule has 0 bridgehead atoms. The SMILES string of the molecule is CC1(C)c2ccccc2-n2c3ccc(B4OC(C)(C)C(C)(C)O4)cc3c3cccc1c32. The Morgan fingerprint density at radius 3 is 2.13 bits per heavy atom. The van der Waals surface area contributed by atoms with Crippen LogP contribution in [-0.2, 0) is 14.7 Å². The molecule has 0 spiro atoms. The molecular formula is C27H28BNO2. The van der Waals surface area contributed by atoms with Gasteiger partial charge < -0.3 is 13.9 Å². The Morgan fingerprint density at radius 2 is 1.39 bits per heavy atom. The van der Waals surface area contributed by atoms with Gasteiger partial charge in [-0.05, 0) is 56.4 Å². The molecule has 0 saturated carbocycles. The fourth-order valence-electron chi connectivity index (χ4n) is 5.31. The van der Waals surface area contributed by atoms with Crippen LogP contribution in [0.25, 0.3) is 27.5 Å². The summed E-state index contributed by atoms with van der Waals surface area (Å²) in [7, 11) is -0.357. The molecule has 0 atom stereocenters. The van der Waals surface area contributed by atoms with Crippen LogP contribution in [-0.4, -0.2) is 22.9 Å². The van der Waals surface area contributed by atoms with E-state index in [0.717, 1.165) is 5.46 Å². The molecule has 0 N–H and O–H groups in total. The molecule has 31 heavy (non-hydrogen) atoms. The van der Waals surface area contributed by atoms with Gasteiger partial charge in [0.25, 0.3) is 0 Å². The Hall–Kier alpha value is -2.56. The molecule has 1 fully saturated rings. The van der Waals surface area contributed by atoms with E-state index in [2.05, 4.69) is 107 Å². The highest BCUT2D eigenvalue weighted by Crippen LogP contribution is 2.47. The minimum absolute atomic E-state index is 0.0466. The van der Waals surface area contributed by atoms with Crippen LogP contribution in [0.1, 0.15) is 52.7 Å². The third-order valence-corrected chi connectivity index (χ3v) is 7.83.